The summed E-state index contributed by atoms with van der Waals surface area (Å²) in [6.45, 7) is 3.06. The Balaban J connectivity index is 1.39. The summed E-state index contributed by atoms with van der Waals surface area (Å²) in [5.41, 5.74) is 4.49. The van der Waals surface area contributed by atoms with Gasteiger partial charge in [0.15, 0.2) is 11.5 Å². The molecular formula is C26H25N3O3. The summed E-state index contributed by atoms with van der Waals surface area (Å²) < 4.78 is 13.0. The molecule has 0 saturated carbocycles. The van der Waals surface area contributed by atoms with Crippen LogP contribution in [0, 0.1) is 6.92 Å². The largest absolute Gasteiger partial charge is 0.493 e. The number of aromatic nitrogens is 2. The molecule has 0 bridgehead atoms. The van der Waals surface area contributed by atoms with Gasteiger partial charge >= 0.3 is 0 Å². The van der Waals surface area contributed by atoms with Crippen molar-refractivity contribution in [1.82, 2.24) is 9.78 Å². The van der Waals surface area contributed by atoms with Crippen LogP contribution in [0.2, 0.25) is 0 Å². The molecule has 6 nitrogen and oxygen atoms in total. The predicted molar refractivity (Wildman–Crippen MR) is 124 cm³/mol. The van der Waals surface area contributed by atoms with Gasteiger partial charge in [-0.3, -0.25) is 9.48 Å². The molecule has 0 atom stereocenters. The van der Waals surface area contributed by atoms with Crippen molar-refractivity contribution in [2.75, 3.05) is 12.4 Å². The Morgan fingerprint density at radius 2 is 1.78 bits per heavy atom. The first-order valence-corrected chi connectivity index (χ1v) is 10.4. The van der Waals surface area contributed by atoms with Crippen molar-refractivity contribution in [2.24, 2.45) is 0 Å². The number of ether oxygens (including phenoxy) is 2. The lowest BCUT2D eigenvalue weighted by atomic mass is 10.1. The molecule has 0 aliphatic rings. The van der Waals surface area contributed by atoms with Gasteiger partial charge in [0, 0.05) is 11.8 Å². The van der Waals surface area contributed by atoms with Crippen molar-refractivity contribution in [3.8, 4) is 11.5 Å². The molecule has 4 aromatic rings. The van der Waals surface area contributed by atoms with Gasteiger partial charge in [-0.25, -0.2) is 0 Å². The molecule has 0 aliphatic carbocycles. The number of para-hydroxylation sites is 2. The Hall–Kier alpha value is -4.06. The number of amides is 1. The van der Waals surface area contributed by atoms with Crippen molar-refractivity contribution in [1.29, 1.82) is 0 Å². The van der Waals surface area contributed by atoms with Crippen LogP contribution in [0.25, 0.3) is 0 Å². The summed E-state index contributed by atoms with van der Waals surface area (Å²) in [6, 6.07) is 23.0. The highest BCUT2D eigenvalue weighted by Gasteiger charge is 2.10. The van der Waals surface area contributed by atoms with Gasteiger partial charge in [0.2, 0.25) is 0 Å². The fraction of sp³-hybridized carbons (Fsp3) is 0.154. The summed E-state index contributed by atoms with van der Waals surface area (Å²) in [5, 5.41) is 7.28. The number of hydrogen-bond donors (Lipinski definition) is 1. The van der Waals surface area contributed by atoms with Crippen molar-refractivity contribution in [3.05, 3.63) is 107 Å². The minimum absolute atomic E-state index is 0.195. The Bertz CT molecular complexity index is 1220. The first-order chi connectivity index (χ1) is 15.6. The number of benzene rings is 3. The first-order valence-electron chi connectivity index (χ1n) is 10.4. The Labute approximate surface area is 187 Å². The van der Waals surface area contributed by atoms with E-state index in [-0.39, 0.29) is 5.91 Å². The average Bonchev–Trinajstić information content (AvgIpc) is 3.26. The summed E-state index contributed by atoms with van der Waals surface area (Å²) in [4.78, 5) is 12.8. The normalized spacial score (nSPS) is 10.6. The van der Waals surface area contributed by atoms with Crippen LogP contribution >= 0.6 is 0 Å². The number of carbonyl (C=O) groups excluding carboxylic acids is 1. The SMILES string of the molecule is COc1ccccc1OCc1cccc(C(=O)Nc2cnn(Cc3ccccc3C)c2)c1. The summed E-state index contributed by atoms with van der Waals surface area (Å²) in [7, 11) is 1.61. The van der Waals surface area contributed by atoms with Crippen LogP contribution in [-0.2, 0) is 13.2 Å². The molecule has 4 rings (SSSR count). The molecule has 1 amide bonds. The highest BCUT2D eigenvalue weighted by atomic mass is 16.5. The zero-order valence-corrected chi connectivity index (χ0v) is 18.1. The number of hydrogen-bond acceptors (Lipinski definition) is 4. The molecule has 0 fully saturated rings. The zero-order valence-electron chi connectivity index (χ0n) is 18.1. The van der Waals surface area contributed by atoms with Crippen LogP contribution in [0.5, 0.6) is 11.5 Å². The Morgan fingerprint density at radius 3 is 2.59 bits per heavy atom. The van der Waals surface area contributed by atoms with Gasteiger partial charge in [-0.1, -0.05) is 48.5 Å². The first kappa shape index (κ1) is 21.2. The second-order valence-corrected chi connectivity index (χ2v) is 7.45. The van der Waals surface area contributed by atoms with Gasteiger partial charge in [-0.15, -0.1) is 0 Å². The van der Waals surface area contributed by atoms with E-state index in [9.17, 15) is 4.79 Å². The molecule has 0 aliphatic heterocycles. The number of nitrogens with zero attached hydrogens (tertiary/aromatic N) is 2. The lowest BCUT2D eigenvalue weighted by molar-refractivity contribution is 0.102. The number of anilines is 1. The van der Waals surface area contributed by atoms with Gasteiger partial charge < -0.3 is 14.8 Å². The fourth-order valence-electron chi connectivity index (χ4n) is 3.38. The highest BCUT2D eigenvalue weighted by molar-refractivity contribution is 6.04. The molecule has 162 valence electrons. The third-order valence-corrected chi connectivity index (χ3v) is 5.14. The van der Waals surface area contributed by atoms with Crippen molar-refractivity contribution in [3.63, 3.8) is 0 Å². The van der Waals surface area contributed by atoms with Gasteiger partial charge in [0.05, 0.1) is 25.5 Å². The molecule has 1 aromatic heterocycles. The lowest BCUT2D eigenvalue weighted by Crippen LogP contribution is -2.12. The second-order valence-electron chi connectivity index (χ2n) is 7.45. The molecule has 3 aromatic carbocycles. The van der Waals surface area contributed by atoms with Crippen LogP contribution in [0.4, 0.5) is 5.69 Å². The van der Waals surface area contributed by atoms with E-state index < -0.39 is 0 Å². The monoisotopic (exact) mass is 427 g/mol. The minimum Gasteiger partial charge on any atom is -0.493 e. The van der Waals surface area contributed by atoms with Crippen molar-refractivity contribution >= 4 is 11.6 Å². The minimum atomic E-state index is -0.195. The van der Waals surface area contributed by atoms with E-state index in [1.54, 1.807) is 19.4 Å². The van der Waals surface area contributed by atoms with Crippen LogP contribution in [0.15, 0.2) is 85.2 Å². The van der Waals surface area contributed by atoms with Crippen LogP contribution < -0.4 is 14.8 Å². The van der Waals surface area contributed by atoms with E-state index in [1.807, 2.05) is 65.5 Å². The molecule has 0 unspecified atom stereocenters. The van der Waals surface area contributed by atoms with Gasteiger partial charge in [0.25, 0.3) is 5.91 Å². The van der Waals surface area contributed by atoms with Gasteiger partial charge in [-0.05, 0) is 47.9 Å². The molecule has 0 spiro atoms. The summed E-state index contributed by atoms with van der Waals surface area (Å²) in [6.07, 6.45) is 3.49. The molecule has 1 heterocycles. The topological polar surface area (TPSA) is 65.4 Å². The van der Waals surface area contributed by atoms with Crippen LogP contribution in [0.1, 0.15) is 27.0 Å². The van der Waals surface area contributed by atoms with Crippen molar-refractivity contribution in [2.45, 2.75) is 20.1 Å². The quantitative estimate of drug-likeness (QED) is 0.426. The zero-order chi connectivity index (χ0) is 22.3. The maximum absolute atomic E-state index is 12.8. The number of aryl methyl sites for hydroxylation is 1. The van der Waals surface area contributed by atoms with Gasteiger partial charge in [-0.2, -0.15) is 5.10 Å². The van der Waals surface area contributed by atoms with E-state index in [0.29, 0.717) is 35.9 Å². The third-order valence-electron chi connectivity index (χ3n) is 5.14. The Morgan fingerprint density at radius 1 is 1.00 bits per heavy atom. The van der Waals surface area contributed by atoms with E-state index in [0.717, 1.165) is 5.56 Å². The smallest absolute Gasteiger partial charge is 0.255 e. The summed E-state index contributed by atoms with van der Waals surface area (Å²) in [5.74, 6) is 1.13. The molecular weight excluding hydrogens is 402 g/mol. The fourth-order valence-corrected chi connectivity index (χ4v) is 3.38. The number of nitrogens with one attached hydrogen (secondary N) is 1. The van der Waals surface area contributed by atoms with Crippen molar-refractivity contribution < 1.29 is 14.3 Å². The van der Waals surface area contributed by atoms with E-state index in [1.165, 1.54) is 11.1 Å². The number of methoxy groups -OCH3 is 1. The molecule has 0 saturated heterocycles. The average molecular weight is 428 g/mol. The van der Waals surface area contributed by atoms with E-state index in [2.05, 4.69) is 29.5 Å². The van der Waals surface area contributed by atoms with Crippen LogP contribution in [-0.4, -0.2) is 22.8 Å². The second kappa shape index (κ2) is 9.83. The Kier molecular flexibility index (Phi) is 6.51. The molecule has 1 N–H and O–H groups in total. The third kappa shape index (κ3) is 5.16. The number of carbonyl (C=O) groups is 1. The van der Waals surface area contributed by atoms with Gasteiger partial charge in [0.1, 0.15) is 6.61 Å². The summed E-state index contributed by atoms with van der Waals surface area (Å²) >= 11 is 0. The van der Waals surface area contributed by atoms with E-state index >= 15 is 0 Å². The maximum Gasteiger partial charge on any atom is 0.255 e. The lowest BCUT2D eigenvalue weighted by Gasteiger charge is -2.11. The highest BCUT2D eigenvalue weighted by Crippen LogP contribution is 2.26. The molecule has 6 heteroatoms. The molecule has 32 heavy (non-hydrogen) atoms. The number of rotatable bonds is 8. The maximum atomic E-state index is 12.8. The predicted octanol–water partition coefficient (Wildman–Crippen LogP) is 5.08. The molecule has 0 radical (unpaired) electrons. The standard InChI is InChI=1S/C26H25N3O3/c1-19-8-3-4-10-22(19)16-29-17-23(15-27-29)28-26(30)21-11-7-9-20(14-21)18-32-25-13-6-5-12-24(25)31-2/h3-15,17H,16,18H2,1-2H3,(H,28,30). The van der Waals surface area contributed by atoms with E-state index in [4.69, 9.17) is 9.47 Å². The van der Waals surface area contributed by atoms with Crippen LogP contribution in [0.3, 0.4) is 0 Å².